The third kappa shape index (κ3) is 5.14. The molecule has 0 aliphatic heterocycles. The van der Waals surface area contributed by atoms with Crippen LogP contribution in [0.1, 0.15) is 37.0 Å². The van der Waals surface area contributed by atoms with Crippen molar-refractivity contribution in [3.63, 3.8) is 0 Å². The van der Waals surface area contributed by atoms with Crippen molar-refractivity contribution in [3.05, 3.63) is 11.4 Å². The Hall–Kier alpha value is -1.96. The zero-order valence-corrected chi connectivity index (χ0v) is 13.1. The minimum atomic E-state index is -0.580. The minimum absolute atomic E-state index is 0.0136. The molecule has 1 aromatic heterocycles. The Morgan fingerprint density at radius 1 is 1.29 bits per heavy atom. The maximum atomic E-state index is 12.0. The SMILES string of the molecule is COCCc1c(C(=O)OC)nnn1CC(=O)NC(C)(C)C. The molecule has 1 amide bonds. The number of methoxy groups -OCH3 is 2. The van der Waals surface area contributed by atoms with Crippen LogP contribution in [-0.2, 0) is 27.2 Å². The number of esters is 1. The van der Waals surface area contributed by atoms with Gasteiger partial charge in [0, 0.05) is 19.1 Å². The molecule has 0 aliphatic rings. The molecule has 8 heteroatoms. The summed E-state index contributed by atoms with van der Waals surface area (Å²) < 4.78 is 11.1. The lowest BCUT2D eigenvalue weighted by molar-refractivity contribution is -0.123. The molecule has 21 heavy (non-hydrogen) atoms. The lowest BCUT2D eigenvalue weighted by atomic mass is 10.1. The number of amides is 1. The summed E-state index contributed by atoms with van der Waals surface area (Å²) in [7, 11) is 2.83. The van der Waals surface area contributed by atoms with Crippen LogP contribution in [0.25, 0.3) is 0 Å². The van der Waals surface area contributed by atoms with Crippen LogP contribution in [0, 0.1) is 0 Å². The number of rotatable bonds is 6. The fraction of sp³-hybridized carbons (Fsp3) is 0.692. The zero-order chi connectivity index (χ0) is 16.0. The molecule has 1 heterocycles. The molecule has 0 aliphatic carbocycles. The highest BCUT2D eigenvalue weighted by Gasteiger charge is 2.22. The van der Waals surface area contributed by atoms with E-state index in [2.05, 4.69) is 20.4 Å². The van der Waals surface area contributed by atoms with Crippen molar-refractivity contribution in [2.24, 2.45) is 0 Å². The predicted octanol–water partition coefficient (Wildman–Crippen LogP) is 0.168. The summed E-state index contributed by atoms with van der Waals surface area (Å²) in [5.41, 5.74) is 0.293. The van der Waals surface area contributed by atoms with E-state index in [4.69, 9.17) is 4.74 Å². The lowest BCUT2D eigenvalue weighted by Crippen LogP contribution is -2.42. The standard InChI is InChI=1S/C13H22N4O4/c1-13(2,3)14-10(18)8-17-9(6-7-20-4)11(15-16-17)12(19)21-5/h6-8H2,1-5H3,(H,14,18). The number of carbonyl (C=O) groups is 2. The minimum Gasteiger partial charge on any atom is -0.464 e. The Balaban J connectivity index is 2.93. The largest absolute Gasteiger partial charge is 0.464 e. The first kappa shape index (κ1) is 17.1. The molecule has 0 unspecified atom stereocenters. The van der Waals surface area contributed by atoms with E-state index in [1.165, 1.54) is 11.8 Å². The molecule has 0 aromatic carbocycles. The van der Waals surface area contributed by atoms with Crippen molar-refractivity contribution < 1.29 is 19.1 Å². The number of hydrogen-bond acceptors (Lipinski definition) is 6. The Kier molecular flexibility index (Phi) is 5.83. The number of hydrogen-bond donors (Lipinski definition) is 1. The fourth-order valence-electron chi connectivity index (χ4n) is 1.76. The number of carbonyl (C=O) groups excluding carboxylic acids is 2. The van der Waals surface area contributed by atoms with Crippen LogP contribution < -0.4 is 5.32 Å². The summed E-state index contributed by atoms with van der Waals surface area (Å²) in [5, 5.41) is 10.5. The Labute approximate surface area is 123 Å². The molecule has 0 atom stereocenters. The van der Waals surface area contributed by atoms with Crippen LogP contribution in [0.4, 0.5) is 0 Å². The smallest absolute Gasteiger partial charge is 0.360 e. The molecule has 0 saturated heterocycles. The summed E-state index contributed by atoms with van der Waals surface area (Å²) in [6, 6.07) is 0. The monoisotopic (exact) mass is 298 g/mol. The van der Waals surface area contributed by atoms with E-state index in [0.717, 1.165) is 0 Å². The maximum Gasteiger partial charge on any atom is 0.360 e. The second-order valence-electron chi connectivity index (χ2n) is 5.57. The second-order valence-corrected chi connectivity index (χ2v) is 5.57. The van der Waals surface area contributed by atoms with Crippen molar-refractivity contribution in [1.29, 1.82) is 0 Å². The van der Waals surface area contributed by atoms with E-state index >= 15 is 0 Å². The Morgan fingerprint density at radius 2 is 1.95 bits per heavy atom. The fourth-order valence-corrected chi connectivity index (χ4v) is 1.76. The molecule has 1 rings (SSSR count). The highest BCUT2D eigenvalue weighted by Crippen LogP contribution is 2.09. The highest BCUT2D eigenvalue weighted by molar-refractivity contribution is 5.88. The third-order valence-corrected chi connectivity index (χ3v) is 2.57. The maximum absolute atomic E-state index is 12.0. The molecule has 1 aromatic rings. The molecular weight excluding hydrogens is 276 g/mol. The van der Waals surface area contributed by atoms with Crippen molar-refractivity contribution in [1.82, 2.24) is 20.3 Å². The Bertz CT molecular complexity index is 505. The number of aromatic nitrogens is 3. The summed E-state index contributed by atoms with van der Waals surface area (Å²) >= 11 is 0. The first-order valence-corrected chi connectivity index (χ1v) is 6.59. The van der Waals surface area contributed by atoms with Crippen molar-refractivity contribution in [3.8, 4) is 0 Å². The molecule has 0 saturated carbocycles. The van der Waals surface area contributed by atoms with Crippen LogP contribution in [0.5, 0.6) is 0 Å². The van der Waals surface area contributed by atoms with E-state index in [1.54, 1.807) is 7.11 Å². The van der Waals surface area contributed by atoms with Crippen molar-refractivity contribution in [2.45, 2.75) is 39.3 Å². The van der Waals surface area contributed by atoms with Gasteiger partial charge in [-0.05, 0) is 20.8 Å². The van der Waals surface area contributed by atoms with Crippen LogP contribution >= 0.6 is 0 Å². The number of nitrogens with zero attached hydrogens (tertiary/aromatic N) is 3. The summed E-state index contributed by atoms with van der Waals surface area (Å²) in [6.45, 7) is 6.03. The van der Waals surface area contributed by atoms with Gasteiger partial charge in [0.2, 0.25) is 5.91 Å². The lowest BCUT2D eigenvalue weighted by Gasteiger charge is -2.20. The van der Waals surface area contributed by atoms with E-state index in [1.807, 2.05) is 20.8 Å². The molecule has 0 spiro atoms. The molecule has 118 valence electrons. The Morgan fingerprint density at radius 3 is 2.48 bits per heavy atom. The van der Waals surface area contributed by atoms with E-state index in [0.29, 0.717) is 18.7 Å². The average Bonchev–Trinajstić information content (AvgIpc) is 2.75. The van der Waals surface area contributed by atoms with Crippen LogP contribution in [0.15, 0.2) is 0 Å². The first-order chi connectivity index (χ1) is 9.78. The summed E-state index contributed by atoms with van der Waals surface area (Å²) in [6.07, 6.45) is 0.413. The van der Waals surface area contributed by atoms with Gasteiger partial charge in [0.1, 0.15) is 6.54 Å². The van der Waals surface area contributed by atoms with Gasteiger partial charge in [-0.1, -0.05) is 5.21 Å². The van der Waals surface area contributed by atoms with Crippen LogP contribution in [0.2, 0.25) is 0 Å². The molecular formula is C13H22N4O4. The highest BCUT2D eigenvalue weighted by atomic mass is 16.5. The predicted molar refractivity (Wildman–Crippen MR) is 74.8 cm³/mol. The normalized spacial score (nSPS) is 11.3. The topological polar surface area (TPSA) is 95.3 Å². The first-order valence-electron chi connectivity index (χ1n) is 6.59. The summed E-state index contributed by atoms with van der Waals surface area (Å²) in [4.78, 5) is 23.6. The van der Waals surface area contributed by atoms with E-state index < -0.39 is 5.97 Å². The third-order valence-electron chi connectivity index (χ3n) is 2.57. The average molecular weight is 298 g/mol. The zero-order valence-electron chi connectivity index (χ0n) is 13.1. The molecule has 0 bridgehead atoms. The van der Waals surface area contributed by atoms with Gasteiger partial charge in [-0.2, -0.15) is 0 Å². The van der Waals surface area contributed by atoms with Crippen molar-refractivity contribution >= 4 is 11.9 Å². The summed E-state index contributed by atoms with van der Waals surface area (Å²) in [5.74, 6) is -0.786. The van der Waals surface area contributed by atoms with Crippen LogP contribution in [0.3, 0.4) is 0 Å². The number of nitrogens with one attached hydrogen (secondary N) is 1. The molecule has 0 radical (unpaired) electrons. The molecule has 8 nitrogen and oxygen atoms in total. The molecule has 1 N–H and O–H groups in total. The van der Waals surface area contributed by atoms with Gasteiger partial charge in [0.05, 0.1) is 19.4 Å². The quantitative estimate of drug-likeness (QED) is 0.752. The van der Waals surface area contributed by atoms with Gasteiger partial charge >= 0.3 is 5.97 Å². The van der Waals surface area contributed by atoms with Gasteiger partial charge in [-0.25, -0.2) is 9.48 Å². The molecule has 0 fully saturated rings. The van der Waals surface area contributed by atoms with Gasteiger partial charge in [0.25, 0.3) is 0 Å². The van der Waals surface area contributed by atoms with Gasteiger partial charge in [0.15, 0.2) is 5.69 Å². The second kappa shape index (κ2) is 7.16. The van der Waals surface area contributed by atoms with Crippen molar-refractivity contribution in [2.75, 3.05) is 20.8 Å². The van der Waals surface area contributed by atoms with Crippen LogP contribution in [-0.4, -0.2) is 53.2 Å². The number of ether oxygens (including phenoxy) is 2. The van der Waals surface area contributed by atoms with Gasteiger partial charge in [-0.15, -0.1) is 5.10 Å². The van der Waals surface area contributed by atoms with E-state index in [-0.39, 0.29) is 23.7 Å². The van der Waals surface area contributed by atoms with Gasteiger partial charge < -0.3 is 14.8 Å². The van der Waals surface area contributed by atoms with Gasteiger partial charge in [-0.3, -0.25) is 4.79 Å². The van der Waals surface area contributed by atoms with E-state index in [9.17, 15) is 9.59 Å².